The zero-order valence-corrected chi connectivity index (χ0v) is 19.3. The molecule has 0 unspecified atom stereocenters. The minimum absolute atomic E-state index is 0.655. The summed E-state index contributed by atoms with van der Waals surface area (Å²) in [5, 5.41) is 0. The molecule has 0 bridgehead atoms. The van der Waals surface area contributed by atoms with Gasteiger partial charge in [-0.1, -0.05) is 91.2 Å². The minimum Gasteiger partial charge on any atom is -0.326 e. The molecule has 0 saturated carbocycles. The van der Waals surface area contributed by atoms with Gasteiger partial charge in [-0.3, -0.25) is 0 Å². The van der Waals surface area contributed by atoms with Crippen molar-refractivity contribution in [3.8, 4) is 0 Å². The number of rotatable bonds is 17. The Kier molecular flexibility index (Phi) is 14.1. The maximum atomic E-state index is 6.21. The van der Waals surface area contributed by atoms with Crippen LogP contribution < -0.4 is 5.73 Å². The van der Waals surface area contributed by atoms with E-state index in [-0.39, 0.29) is 0 Å². The Bertz CT molecular complexity index is 544. The van der Waals surface area contributed by atoms with Crippen LogP contribution >= 0.6 is 0 Å². The molecular formula is C27H47N. The van der Waals surface area contributed by atoms with Gasteiger partial charge in [-0.15, -0.1) is 0 Å². The van der Waals surface area contributed by atoms with Crippen molar-refractivity contribution in [1.82, 2.24) is 0 Å². The zero-order chi connectivity index (χ0) is 20.6. The molecule has 1 aromatic rings. The lowest BCUT2D eigenvalue weighted by molar-refractivity contribution is 0.637. The summed E-state index contributed by atoms with van der Waals surface area (Å²) in [5.41, 5.74) is 13.7. The molecule has 0 saturated heterocycles. The number of nitrogens with two attached hydrogens (primary N) is 1. The predicted molar refractivity (Wildman–Crippen MR) is 128 cm³/mol. The normalized spacial score (nSPS) is 11.1. The van der Waals surface area contributed by atoms with Crippen LogP contribution in [0.15, 0.2) is 12.6 Å². The molecule has 0 aliphatic rings. The van der Waals surface area contributed by atoms with Crippen LogP contribution in [0, 0.1) is 0 Å². The Labute approximate surface area is 176 Å². The van der Waals surface area contributed by atoms with Crippen LogP contribution in [0.5, 0.6) is 0 Å². The molecule has 28 heavy (non-hydrogen) atoms. The van der Waals surface area contributed by atoms with Gasteiger partial charge in [-0.05, 0) is 72.4 Å². The van der Waals surface area contributed by atoms with Crippen molar-refractivity contribution in [3.63, 3.8) is 0 Å². The molecule has 0 aliphatic carbocycles. The summed E-state index contributed by atoms with van der Waals surface area (Å²) >= 11 is 0. The molecule has 1 nitrogen and oxygen atoms in total. The maximum Gasteiger partial charge on any atom is 0.0181 e. The third-order valence-corrected chi connectivity index (χ3v) is 6.08. The van der Waals surface area contributed by atoms with E-state index in [9.17, 15) is 0 Å². The second-order valence-corrected chi connectivity index (χ2v) is 8.40. The molecule has 1 heteroatoms. The van der Waals surface area contributed by atoms with Gasteiger partial charge in [0.1, 0.15) is 0 Å². The maximum absolute atomic E-state index is 6.21. The van der Waals surface area contributed by atoms with E-state index in [1.807, 2.05) is 0 Å². The first kappa shape index (κ1) is 25.0. The fourth-order valence-corrected chi connectivity index (χ4v) is 4.37. The van der Waals surface area contributed by atoms with Crippen molar-refractivity contribution in [2.75, 3.05) is 0 Å². The molecule has 0 aliphatic heterocycles. The first-order valence-corrected chi connectivity index (χ1v) is 12.2. The number of hydrogen-bond donors (Lipinski definition) is 1. The quantitative estimate of drug-likeness (QED) is 0.269. The highest BCUT2D eigenvalue weighted by molar-refractivity contribution is 5.59. The monoisotopic (exact) mass is 385 g/mol. The summed E-state index contributed by atoms with van der Waals surface area (Å²) in [5.74, 6) is 0. The predicted octanol–water partition coefficient (Wildman–Crippen LogP) is 8.16. The molecule has 0 amide bonds. The van der Waals surface area contributed by atoms with Crippen LogP contribution in [0.1, 0.15) is 126 Å². The molecule has 1 rings (SSSR count). The third-order valence-electron chi connectivity index (χ3n) is 6.08. The van der Waals surface area contributed by atoms with Crippen LogP contribution in [0.3, 0.4) is 0 Å². The third kappa shape index (κ3) is 8.52. The average Bonchev–Trinajstić information content (AvgIpc) is 2.72. The van der Waals surface area contributed by atoms with Crippen molar-refractivity contribution in [2.24, 2.45) is 5.73 Å². The van der Waals surface area contributed by atoms with Crippen LogP contribution in [0.4, 0.5) is 0 Å². The summed E-state index contributed by atoms with van der Waals surface area (Å²) in [6.07, 6.45) is 21.6. The van der Waals surface area contributed by atoms with E-state index in [0.29, 0.717) is 6.54 Å². The number of hydrogen-bond acceptors (Lipinski definition) is 1. The Balaban J connectivity index is 3.15. The summed E-state index contributed by atoms with van der Waals surface area (Å²) in [7, 11) is 0. The molecule has 0 radical (unpaired) electrons. The van der Waals surface area contributed by atoms with E-state index in [2.05, 4.69) is 39.5 Å². The van der Waals surface area contributed by atoms with Gasteiger partial charge >= 0.3 is 0 Å². The lowest BCUT2D eigenvalue weighted by Crippen LogP contribution is -2.11. The smallest absolute Gasteiger partial charge is 0.0181 e. The van der Waals surface area contributed by atoms with Crippen molar-refractivity contribution < 1.29 is 0 Å². The first-order chi connectivity index (χ1) is 13.7. The second kappa shape index (κ2) is 15.8. The highest BCUT2D eigenvalue weighted by Crippen LogP contribution is 2.30. The van der Waals surface area contributed by atoms with E-state index in [1.54, 1.807) is 16.7 Å². The highest BCUT2D eigenvalue weighted by Gasteiger charge is 2.16. The Morgan fingerprint density at radius 3 is 1.57 bits per heavy atom. The molecule has 0 spiro atoms. The van der Waals surface area contributed by atoms with Crippen LogP contribution in [-0.2, 0) is 25.8 Å². The molecule has 1 aromatic carbocycles. The van der Waals surface area contributed by atoms with E-state index < -0.39 is 0 Å². The van der Waals surface area contributed by atoms with E-state index in [4.69, 9.17) is 5.73 Å². The Morgan fingerprint density at radius 1 is 0.679 bits per heavy atom. The van der Waals surface area contributed by atoms with E-state index in [0.717, 1.165) is 0 Å². The molecule has 0 fully saturated rings. The van der Waals surface area contributed by atoms with Crippen LogP contribution in [0.2, 0.25) is 0 Å². The van der Waals surface area contributed by atoms with Crippen molar-refractivity contribution >= 4 is 6.08 Å². The largest absolute Gasteiger partial charge is 0.326 e. The Hall–Kier alpha value is -1.08. The first-order valence-electron chi connectivity index (χ1n) is 12.2. The van der Waals surface area contributed by atoms with Crippen molar-refractivity contribution in [2.45, 2.75) is 124 Å². The Morgan fingerprint density at radius 2 is 1.14 bits per heavy atom. The van der Waals surface area contributed by atoms with E-state index >= 15 is 0 Å². The van der Waals surface area contributed by atoms with Gasteiger partial charge in [-0.25, -0.2) is 0 Å². The zero-order valence-electron chi connectivity index (χ0n) is 19.3. The molecule has 0 atom stereocenters. The van der Waals surface area contributed by atoms with Crippen LogP contribution in [0.25, 0.3) is 6.08 Å². The minimum atomic E-state index is 0.655. The summed E-state index contributed by atoms with van der Waals surface area (Å²) in [4.78, 5) is 0. The average molecular weight is 386 g/mol. The topological polar surface area (TPSA) is 26.0 Å². The number of unbranched alkanes of at least 4 members (excludes halogenated alkanes) is 9. The van der Waals surface area contributed by atoms with Gasteiger partial charge in [0.25, 0.3) is 0 Å². The van der Waals surface area contributed by atoms with Crippen LogP contribution in [-0.4, -0.2) is 0 Å². The molecule has 0 heterocycles. The van der Waals surface area contributed by atoms with Crippen molar-refractivity contribution in [3.05, 3.63) is 40.5 Å². The second-order valence-electron chi connectivity index (χ2n) is 8.40. The highest BCUT2D eigenvalue weighted by atomic mass is 14.5. The lowest BCUT2D eigenvalue weighted by atomic mass is 9.84. The lowest BCUT2D eigenvalue weighted by Gasteiger charge is -2.22. The summed E-state index contributed by atoms with van der Waals surface area (Å²) in [6.45, 7) is 11.7. The van der Waals surface area contributed by atoms with Gasteiger partial charge in [0.05, 0.1) is 0 Å². The SMILES string of the molecule is C=Cc1cc(CN)c(CCCCCC)c(CCCCCC)c1CCCCCC. The molecule has 0 aromatic heterocycles. The van der Waals surface area contributed by atoms with Gasteiger partial charge in [0.2, 0.25) is 0 Å². The van der Waals surface area contributed by atoms with Gasteiger partial charge in [0, 0.05) is 6.54 Å². The standard InChI is InChI=1S/C27H47N/c1-5-9-12-15-18-25-23(8-4)21-24(22-28)26(19-16-13-10-6-2)27(25)20-17-14-11-7-3/h8,21H,4-7,9-20,22,28H2,1-3H3. The van der Waals surface area contributed by atoms with Gasteiger partial charge < -0.3 is 5.73 Å². The fraction of sp³-hybridized carbons (Fsp3) is 0.704. The fourth-order valence-electron chi connectivity index (χ4n) is 4.37. The molecule has 160 valence electrons. The van der Waals surface area contributed by atoms with Crippen molar-refractivity contribution in [1.29, 1.82) is 0 Å². The van der Waals surface area contributed by atoms with E-state index in [1.165, 1.54) is 107 Å². The van der Waals surface area contributed by atoms with Gasteiger partial charge in [0.15, 0.2) is 0 Å². The summed E-state index contributed by atoms with van der Waals surface area (Å²) < 4.78 is 0. The summed E-state index contributed by atoms with van der Waals surface area (Å²) in [6, 6.07) is 2.35. The van der Waals surface area contributed by atoms with Gasteiger partial charge in [-0.2, -0.15) is 0 Å². The number of benzene rings is 1. The molecular weight excluding hydrogens is 338 g/mol. The molecule has 2 N–H and O–H groups in total.